The molecule has 2 aliphatic rings. The van der Waals surface area contributed by atoms with E-state index < -0.39 is 0 Å². The number of halogens is 1. The molecule has 2 unspecified atom stereocenters. The molecule has 80 valence electrons. The van der Waals surface area contributed by atoms with E-state index in [1.807, 2.05) is 0 Å². The van der Waals surface area contributed by atoms with Gasteiger partial charge in [-0.1, -0.05) is 25.5 Å². The first-order chi connectivity index (χ1) is 6.57. The molecule has 1 aliphatic heterocycles. The number of allylic oxidation sites excluding steroid dienone is 1. The van der Waals surface area contributed by atoms with Gasteiger partial charge in [0.25, 0.3) is 0 Å². The summed E-state index contributed by atoms with van der Waals surface area (Å²) in [6.07, 6.45) is 5.76. The molecule has 2 rings (SSSR count). The first-order valence-corrected chi connectivity index (χ1v) is 5.93. The standard InChI is InChI=1S/C12H19ClO/c1-12(2)6-10(5-11(13)7-12)9-3-4-14-8-9/h5,9,11H,3-4,6-8H2,1-2H3. The summed E-state index contributed by atoms with van der Waals surface area (Å²) in [6.45, 7) is 6.46. The maximum absolute atomic E-state index is 6.26. The van der Waals surface area contributed by atoms with Crippen LogP contribution in [0.5, 0.6) is 0 Å². The highest BCUT2D eigenvalue weighted by atomic mass is 35.5. The molecule has 0 radical (unpaired) electrons. The van der Waals surface area contributed by atoms with Gasteiger partial charge in [-0.2, -0.15) is 0 Å². The fraction of sp³-hybridized carbons (Fsp3) is 0.833. The maximum atomic E-state index is 6.26. The summed E-state index contributed by atoms with van der Waals surface area (Å²) in [5.74, 6) is 0.649. The van der Waals surface area contributed by atoms with Crippen molar-refractivity contribution in [1.29, 1.82) is 0 Å². The van der Waals surface area contributed by atoms with E-state index in [1.54, 1.807) is 5.57 Å². The minimum Gasteiger partial charge on any atom is -0.381 e. The van der Waals surface area contributed by atoms with Crippen LogP contribution >= 0.6 is 11.6 Å². The van der Waals surface area contributed by atoms with Crippen molar-refractivity contribution < 1.29 is 4.74 Å². The summed E-state index contributed by atoms with van der Waals surface area (Å²) in [7, 11) is 0. The molecular weight excluding hydrogens is 196 g/mol. The maximum Gasteiger partial charge on any atom is 0.0532 e. The minimum atomic E-state index is 0.231. The number of rotatable bonds is 1. The molecule has 0 aromatic heterocycles. The van der Waals surface area contributed by atoms with Crippen LogP contribution in [-0.4, -0.2) is 18.6 Å². The summed E-state index contributed by atoms with van der Waals surface area (Å²) in [4.78, 5) is 0. The average Bonchev–Trinajstić information content (AvgIpc) is 2.51. The van der Waals surface area contributed by atoms with Gasteiger partial charge in [-0.05, 0) is 24.7 Å². The molecule has 1 saturated heterocycles. The van der Waals surface area contributed by atoms with Crippen LogP contribution in [0.4, 0.5) is 0 Å². The molecule has 2 atom stereocenters. The SMILES string of the molecule is CC1(C)CC(C2CCOC2)=CC(Cl)C1. The molecule has 0 spiro atoms. The van der Waals surface area contributed by atoms with Crippen LogP contribution in [0.15, 0.2) is 11.6 Å². The van der Waals surface area contributed by atoms with Gasteiger partial charge in [0.05, 0.1) is 12.0 Å². The van der Waals surface area contributed by atoms with Crippen molar-refractivity contribution in [2.75, 3.05) is 13.2 Å². The first-order valence-electron chi connectivity index (χ1n) is 5.49. The van der Waals surface area contributed by atoms with E-state index in [9.17, 15) is 0 Å². The normalized spacial score (nSPS) is 36.9. The monoisotopic (exact) mass is 214 g/mol. The Hall–Kier alpha value is -0.0100. The van der Waals surface area contributed by atoms with Crippen LogP contribution in [0.1, 0.15) is 33.1 Å². The lowest BCUT2D eigenvalue weighted by Crippen LogP contribution is -2.25. The smallest absolute Gasteiger partial charge is 0.0532 e. The van der Waals surface area contributed by atoms with Crippen molar-refractivity contribution in [2.45, 2.75) is 38.5 Å². The third kappa shape index (κ3) is 2.32. The summed E-state index contributed by atoms with van der Waals surface area (Å²) in [5.41, 5.74) is 1.91. The van der Waals surface area contributed by atoms with E-state index >= 15 is 0 Å². The van der Waals surface area contributed by atoms with Crippen LogP contribution in [0.2, 0.25) is 0 Å². The highest BCUT2D eigenvalue weighted by molar-refractivity contribution is 6.21. The van der Waals surface area contributed by atoms with Crippen molar-refractivity contribution in [2.24, 2.45) is 11.3 Å². The quantitative estimate of drug-likeness (QED) is 0.481. The second kappa shape index (κ2) is 3.86. The van der Waals surface area contributed by atoms with E-state index in [-0.39, 0.29) is 5.38 Å². The molecule has 1 heterocycles. The number of hydrogen-bond acceptors (Lipinski definition) is 1. The molecule has 2 heteroatoms. The third-order valence-electron chi connectivity index (χ3n) is 3.28. The number of alkyl halides is 1. The van der Waals surface area contributed by atoms with Gasteiger partial charge < -0.3 is 4.74 Å². The lowest BCUT2D eigenvalue weighted by Gasteiger charge is -2.34. The molecular formula is C12H19ClO. The molecule has 14 heavy (non-hydrogen) atoms. The summed E-state index contributed by atoms with van der Waals surface area (Å²) in [5, 5.41) is 0.231. The Bertz CT molecular complexity index is 239. The summed E-state index contributed by atoms with van der Waals surface area (Å²) < 4.78 is 5.43. The molecule has 0 N–H and O–H groups in total. The minimum absolute atomic E-state index is 0.231. The first kappa shape index (κ1) is 10.5. The fourth-order valence-electron chi connectivity index (χ4n) is 2.61. The fourth-order valence-corrected chi connectivity index (χ4v) is 3.19. The molecule has 0 aromatic rings. The lowest BCUT2D eigenvalue weighted by molar-refractivity contribution is 0.187. The Morgan fingerprint density at radius 3 is 2.86 bits per heavy atom. The van der Waals surface area contributed by atoms with Gasteiger partial charge >= 0.3 is 0 Å². The summed E-state index contributed by atoms with van der Waals surface area (Å²) in [6, 6.07) is 0. The highest BCUT2D eigenvalue weighted by Gasteiger charge is 2.31. The van der Waals surface area contributed by atoms with Crippen LogP contribution in [0.25, 0.3) is 0 Å². The van der Waals surface area contributed by atoms with Gasteiger partial charge in [0.15, 0.2) is 0 Å². The number of hydrogen-bond donors (Lipinski definition) is 0. The zero-order chi connectivity index (χ0) is 10.2. The number of ether oxygens (including phenoxy) is 1. The Kier molecular flexibility index (Phi) is 2.90. The molecule has 1 aliphatic carbocycles. The van der Waals surface area contributed by atoms with Crippen LogP contribution in [0.3, 0.4) is 0 Å². The molecule has 0 aromatic carbocycles. The Morgan fingerprint density at radius 2 is 2.29 bits per heavy atom. The van der Waals surface area contributed by atoms with Crippen molar-refractivity contribution >= 4 is 11.6 Å². The van der Waals surface area contributed by atoms with Gasteiger partial charge in [-0.3, -0.25) is 0 Å². The van der Waals surface area contributed by atoms with E-state index in [0.717, 1.165) is 19.6 Å². The van der Waals surface area contributed by atoms with E-state index in [2.05, 4.69) is 19.9 Å². The zero-order valence-corrected chi connectivity index (χ0v) is 9.81. The van der Waals surface area contributed by atoms with Gasteiger partial charge in [0, 0.05) is 12.5 Å². The van der Waals surface area contributed by atoms with Crippen molar-refractivity contribution in [3.05, 3.63) is 11.6 Å². The van der Waals surface area contributed by atoms with Crippen molar-refractivity contribution in [3.63, 3.8) is 0 Å². The molecule has 1 fully saturated rings. The second-order valence-corrected chi connectivity index (χ2v) is 5.92. The van der Waals surface area contributed by atoms with Gasteiger partial charge in [0.2, 0.25) is 0 Å². The molecule has 0 saturated carbocycles. The van der Waals surface area contributed by atoms with Gasteiger partial charge in [-0.15, -0.1) is 11.6 Å². The average molecular weight is 215 g/mol. The van der Waals surface area contributed by atoms with Crippen LogP contribution < -0.4 is 0 Å². The predicted molar refractivity (Wildman–Crippen MR) is 59.7 cm³/mol. The van der Waals surface area contributed by atoms with E-state index in [4.69, 9.17) is 16.3 Å². The predicted octanol–water partition coefficient (Wildman–Crippen LogP) is 3.38. The molecule has 1 nitrogen and oxygen atoms in total. The summed E-state index contributed by atoms with van der Waals surface area (Å²) >= 11 is 6.26. The van der Waals surface area contributed by atoms with Crippen LogP contribution in [-0.2, 0) is 4.74 Å². The van der Waals surface area contributed by atoms with E-state index in [1.165, 1.54) is 12.8 Å². The van der Waals surface area contributed by atoms with Crippen molar-refractivity contribution in [3.8, 4) is 0 Å². The zero-order valence-electron chi connectivity index (χ0n) is 9.05. The largest absolute Gasteiger partial charge is 0.381 e. The Labute approximate surface area is 91.5 Å². The third-order valence-corrected chi connectivity index (χ3v) is 3.56. The molecule has 0 amide bonds. The lowest BCUT2D eigenvalue weighted by atomic mass is 9.74. The Balaban J connectivity index is 2.10. The van der Waals surface area contributed by atoms with Crippen LogP contribution in [0, 0.1) is 11.3 Å². The second-order valence-electron chi connectivity index (χ2n) is 5.36. The Morgan fingerprint density at radius 1 is 1.50 bits per heavy atom. The van der Waals surface area contributed by atoms with Crippen molar-refractivity contribution in [1.82, 2.24) is 0 Å². The van der Waals surface area contributed by atoms with E-state index in [0.29, 0.717) is 11.3 Å². The van der Waals surface area contributed by atoms with Gasteiger partial charge in [-0.25, -0.2) is 0 Å². The highest BCUT2D eigenvalue weighted by Crippen LogP contribution is 2.41. The topological polar surface area (TPSA) is 9.23 Å². The van der Waals surface area contributed by atoms with Gasteiger partial charge in [0.1, 0.15) is 0 Å². The molecule has 0 bridgehead atoms.